The smallest absolute Gasteiger partial charge is 0.225 e. The van der Waals surface area contributed by atoms with Gasteiger partial charge in [-0.05, 0) is 63.4 Å². The van der Waals surface area contributed by atoms with Gasteiger partial charge in [0.1, 0.15) is 5.82 Å². The second-order valence-corrected chi connectivity index (χ2v) is 6.67. The fourth-order valence-corrected chi connectivity index (χ4v) is 2.64. The molecule has 146 valence electrons. The lowest BCUT2D eigenvalue weighted by Crippen LogP contribution is -2.22. The van der Waals surface area contributed by atoms with Gasteiger partial charge in [-0.3, -0.25) is 15.5 Å². The summed E-state index contributed by atoms with van der Waals surface area (Å²) < 4.78 is 18.3. The first-order valence-corrected chi connectivity index (χ1v) is 9.06. The first-order valence-electron chi connectivity index (χ1n) is 8.27. The molecule has 0 bridgehead atoms. The number of benzene rings is 2. The maximum absolute atomic E-state index is 13.3. The third-order valence-electron chi connectivity index (χ3n) is 3.75. The molecule has 0 unspecified atom stereocenters. The van der Waals surface area contributed by atoms with Crippen molar-refractivity contribution < 1.29 is 19.1 Å². The molecule has 0 atom stereocenters. The Labute approximate surface area is 168 Å². The molecule has 0 radical (unpaired) electrons. The Morgan fingerprint density at radius 1 is 1.25 bits per heavy atom. The van der Waals surface area contributed by atoms with Gasteiger partial charge in [-0.2, -0.15) is 0 Å². The van der Waals surface area contributed by atoms with Crippen molar-refractivity contribution in [1.82, 2.24) is 15.8 Å². The van der Waals surface area contributed by atoms with Crippen LogP contribution in [0.25, 0.3) is 0 Å². The fourth-order valence-electron chi connectivity index (χ4n) is 2.27. The number of halogens is 2. The summed E-state index contributed by atoms with van der Waals surface area (Å²) in [6.07, 6.45) is 0.691. The third-order valence-corrected chi connectivity index (χ3v) is 4.35. The molecule has 0 fully saturated rings. The van der Waals surface area contributed by atoms with Crippen LogP contribution in [0.3, 0.4) is 0 Å². The predicted octanol–water partition coefficient (Wildman–Crippen LogP) is 3.92. The highest BCUT2D eigenvalue weighted by molar-refractivity contribution is 9.10. The second kappa shape index (κ2) is 9.40. The van der Waals surface area contributed by atoms with Crippen LogP contribution >= 0.6 is 15.9 Å². The minimum Gasteiger partial charge on any atom is -0.290 e. The number of anilines is 1. The molecular formula is C18H17BrFN5O3. The van der Waals surface area contributed by atoms with Crippen molar-refractivity contribution in [2.45, 2.75) is 13.3 Å². The predicted molar refractivity (Wildman–Crippen MR) is 104 cm³/mol. The van der Waals surface area contributed by atoms with Gasteiger partial charge in [0.05, 0.1) is 16.8 Å². The van der Waals surface area contributed by atoms with Gasteiger partial charge in [0.25, 0.3) is 0 Å². The highest BCUT2D eigenvalue weighted by Crippen LogP contribution is 2.23. The lowest BCUT2D eigenvalue weighted by Gasteiger charge is -2.07. The molecule has 0 aliphatic rings. The summed E-state index contributed by atoms with van der Waals surface area (Å²) in [5.41, 5.74) is 7.35. The lowest BCUT2D eigenvalue weighted by atomic mass is 10.1. The van der Waals surface area contributed by atoms with Crippen LogP contribution in [-0.4, -0.2) is 28.0 Å². The van der Waals surface area contributed by atoms with Gasteiger partial charge in [0.15, 0.2) is 11.5 Å². The molecule has 0 spiro atoms. The van der Waals surface area contributed by atoms with Gasteiger partial charge in [-0.25, -0.2) is 19.5 Å². The number of aryl methyl sites for hydroxylation is 1. The van der Waals surface area contributed by atoms with Gasteiger partial charge < -0.3 is 0 Å². The monoisotopic (exact) mass is 449 g/mol. The third kappa shape index (κ3) is 5.12. The minimum atomic E-state index is -0.426. The van der Waals surface area contributed by atoms with E-state index in [1.54, 1.807) is 0 Å². The van der Waals surface area contributed by atoms with Crippen molar-refractivity contribution in [3.63, 3.8) is 0 Å². The van der Waals surface area contributed by atoms with Crippen LogP contribution in [0.5, 0.6) is 0 Å². The number of nitrogens with zero attached hydrogens (tertiary/aromatic N) is 3. The van der Waals surface area contributed by atoms with Crippen LogP contribution in [-0.2, 0) is 11.3 Å². The number of aliphatic imine (C=N–C) groups is 1. The number of hydrogen-bond acceptors (Lipinski definition) is 7. The van der Waals surface area contributed by atoms with E-state index in [2.05, 4.69) is 36.7 Å². The molecule has 3 N–H and O–H groups in total. The molecule has 0 aliphatic heterocycles. The first kappa shape index (κ1) is 19.9. The fraction of sp³-hybridized carbons (Fsp3) is 0.167. The molecule has 3 rings (SSSR count). The van der Waals surface area contributed by atoms with Crippen LogP contribution in [0.2, 0.25) is 0 Å². The Hall–Kier alpha value is -2.82. The van der Waals surface area contributed by atoms with Gasteiger partial charge in [-0.15, -0.1) is 0 Å². The quantitative estimate of drug-likeness (QED) is 0.217. The van der Waals surface area contributed by atoms with E-state index in [0.717, 1.165) is 5.56 Å². The molecule has 10 heteroatoms. The van der Waals surface area contributed by atoms with E-state index < -0.39 is 5.82 Å². The molecule has 0 saturated heterocycles. The number of hydrogen-bond donors (Lipinski definition) is 3. The van der Waals surface area contributed by atoms with Crippen molar-refractivity contribution in [3.05, 3.63) is 69.6 Å². The SMILES string of the molecule is Cc1ccc(CCONc2nonc2C(=Nc2ccc(F)c(Br)c2)NO)cc1. The summed E-state index contributed by atoms with van der Waals surface area (Å²) in [5.74, 6) is -0.348. The number of nitrogens with one attached hydrogen (secondary N) is 2. The molecule has 0 aliphatic carbocycles. The van der Waals surface area contributed by atoms with E-state index in [1.165, 1.54) is 23.8 Å². The number of aromatic nitrogens is 2. The minimum absolute atomic E-state index is 0.0515. The summed E-state index contributed by atoms with van der Waals surface area (Å²) in [5, 5.41) is 16.8. The molecule has 0 amide bonds. The number of rotatable bonds is 7. The Morgan fingerprint density at radius 2 is 2.04 bits per heavy atom. The number of amidine groups is 1. The van der Waals surface area contributed by atoms with Crippen molar-refractivity contribution in [2.24, 2.45) is 4.99 Å². The van der Waals surface area contributed by atoms with Crippen LogP contribution in [0.15, 0.2) is 56.6 Å². The maximum Gasteiger partial charge on any atom is 0.225 e. The summed E-state index contributed by atoms with van der Waals surface area (Å²) in [6.45, 7) is 2.40. The van der Waals surface area contributed by atoms with Crippen LogP contribution in [0, 0.1) is 12.7 Å². The van der Waals surface area contributed by atoms with Crippen LogP contribution in [0.4, 0.5) is 15.9 Å². The molecule has 8 nitrogen and oxygen atoms in total. The lowest BCUT2D eigenvalue weighted by molar-refractivity contribution is 0.193. The zero-order valence-electron chi connectivity index (χ0n) is 14.8. The summed E-state index contributed by atoms with van der Waals surface area (Å²) >= 11 is 3.08. The Balaban J connectivity index is 1.64. The zero-order chi connectivity index (χ0) is 19.9. The van der Waals surface area contributed by atoms with Gasteiger partial charge >= 0.3 is 0 Å². The first-order chi connectivity index (χ1) is 13.6. The van der Waals surface area contributed by atoms with E-state index in [0.29, 0.717) is 18.7 Å². The molecule has 0 saturated carbocycles. The molecule has 2 aromatic carbocycles. The average molecular weight is 450 g/mol. The van der Waals surface area contributed by atoms with E-state index in [-0.39, 0.29) is 21.8 Å². The largest absolute Gasteiger partial charge is 0.290 e. The molecular weight excluding hydrogens is 433 g/mol. The summed E-state index contributed by atoms with van der Waals surface area (Å²) in [7, 11) is 0. The zero-order valence-corrected chi connectivity index (χ0v) is 16.4. The van der Waals surface area contributed by atoms with Crippen molar-refractivity contribution >= 4 is 33.3 Å². The highest BCUT2D eigenvalue weighted by atomic mass is 79.9. The number of hydroxylamine groups is 1. The van der Waals surface area contributed by atoms with E-state index >= 15 is 0 Å². The average Bonchev–Trinajstić information content (AvgIpc) is 3.16. The molecule has 1 heterocycles. The second-order valence-electron chi connectivity index (χ2n) is 5.82. The Kier molecular flexibility index (Phi) is 6.69. The van der Waals surface area contributed by atoms with E-state index in [1.807, 2.05) is 36.7 Å². The van der Waals surface area contributed by atoms with Crippen LogP contribution in [0.1, 0.15) is 16.8 Å². The molecule has 3 aromatic rings. The standard InChI is InChI=1S/C18H17BrFN5O3/c1-11-2-4-12(5-3-11)8-9-27-24-18-16(23-28-25-18)17(22-26)21-13-6-7-15(20)14(19)10-13/h2-7,10,26H,8-9H2,1H3,(H,21,22)(H,24,25). The Bertz CT molecular complexity index is 962. The van der Waals surface area contributed by atoms with E-state index in [4.69, 9.17) is 9.47 Å². The highest BCUT2D eigenvalue weighted by Gasteiger charge is 2.17. The van der Waals surface area contributed by atoms with Gasteiger partial charge in [0, 0.05) is 0 Å². The van der Waals surface area contributed by atoms with Gasteiger partial charge in [0.2, 0.25) is 5.82 Å². The maximum atomic E-state index is 13.3. The normalized spacial score (nSPS) is 11.5. The molecule has 28 heavy (non-hydrogen) atoms. The topological polar surface area (TPSA) is 105 Å². The van der Waals surface area contributed by atoms with Crippen molar-refractivity contribution in [1.29, 1.82) is 0 Å². The summed E-state index contributed by atoms with van der Waals surface area (Å²) in [4.78, 5) is 9.57. The van der Waals surface area contributed by atoms with Crippen molar-refractivity contribution in [3.8, 4) is 0 Å². The Morgan fingerprint density at radius 3 is 2.75 bits per heavy atom. The molecule has 1 aromatic heterocycles. The van der Waals surface area contributed by atoms with E-state index in [9.17, 15) is 9.60 Å². The summed E-state index contributed by atoms with van der Waals surface area (Å²) in [6, 6.07) is 12.3. The van der Waals surface area contributed by atoms with Crippen molar-refractivity contribution in [2.75, 3.05) is 12.1 Å². The van der Waals surface area contributed by atoms with Gasteiger partial charge in [-0.1, -0.05) is 29.8 Å². The van der Waals surface area contributed by atoms with Crippen LogP contribution < -0.4 is 11.0 Å².